The molecule has 1 heterocycles. The van der Waals surface area contributed by atoms with Crippen LogP contribution in [-0.4, -0.2) is 36.6 Å². The number of ether oxygens (including phenoxy) is 1. The molecule has 1 fully saturated rings. The van der Waals surface area contributed by atoms with Crippen molar-refractivity contribution in [1.29, 1.82) is 0 Å². The molecule has 0 radical (unpaired) electrons. The Morgan fingerprint density at radius 3 is 2.76 bits per heavy atom. The third-order valence-corrected chi connectivity index (χ3v) is 2.98. The van der Waals surface area contributed by atoms with E-state index in [-0.39, 0.29) is 18.6 Å². The van der Waals surface area contributed by atoms with Crippen LogP contribution in [0.15, 0.2) is 24.3 Å². The number of carbonyl (C=O) groups is 1. The third-order valence-electron chi connectivity index (χ3n) is 2.98. The summed E-state index contributed by atoms with van der Waals surface area (Å²) < 4.78 is 5.31. The van der Waals surface area contributed by atoms with E-state index in [1.165, 1.54) is 5.56 Å². The molecule has 1 unspecified atom stereocenters. The SMILES string of the molecule is Cc1ccc(CN2CC(CN)OCC2=O)cc1. The van der Waals surface area contributed by atoms with Crippen molar-refractivity contribution >= 4 is 5.91 Å². The Bertz CT molecular complexity index is 389. The first-order valence-corrected chi connectivity index (χ1v) is 5.84. The van der Waals surface area contributed by atoms with E-state index in [0.29, 0.717) is 19.6 Å². The van der Waals surface area contributed by atoms with Crippen molar-refractivity contribution in [3.63, 3.8) is 0 Å². The fraction of sp³-hybridized carbons (Fsp3) is 0.462. The fourth-order valence-corrected chi connectivity index (χ4v) is 1.89. The van der Waals surface area contributed by atoms with Crippen LogP contribution in [0, 0.1) is 6.92 Å². The predicted molar refractivity (Wildman–Crippen MR) is 65.4 cm³/mol. The van der Waals surface area contributed by atoms with Gasteiger partial charge in [0.2, 0.25) is 5.91 Å². The molecule has 0 aromatic heterocycles. The average Bonchev–Trinajstić information content (AvgIpc) is 2.35. The van der Waals surface area contributed by atoms with Crippen molar-refractivity contribution in [2.45, 2.75) is 19.6 Å². The summed E-state index contributed by atoms with van der Waals surface area (Å²) in [5, 5.41) is 0. The molecule has 4 nitrogen and oxygen atoms in total. The Morgan fingerprint density at radius 2 is 2.12 bits per heavy atom. The summed E-state index contributed by atoms with van der Waals surface area (Å²) in [7, 11) is 0. The highest BCUT2D eigenvalue weighted by molar-refractivity contribution is 5.78. The Balaban J connectivity index is 2.01. The molecule has 0 spiro atoms. The maximum Gasteiger partial charge on any atom is 0.248 e. The fourth-order valence-electron chi connectivity index (χ4n) is 1.89. The van der Waals surface area contributed by atoms with E-state index in [1.807, 2.05) is 11.8 Å². The molecule has 2 N–H and O–H groups in total. The summed E-state index contributed by atoms with van der Waals surface area (Å²) >= 11 is 0. The summed E-state index contributed by atoms with van der Waals surface area (Å²) in [6.45, 7) is 3.88. The highest BCUT2D eigenvalue weighted by Crippen LogP contribution is 2.11. The van der Waals surface area contributed by atoms with Gasteiger partial charge in [-0.25, -0.2) is 0 Å². The van der Waals surface area contributed by atoms with Crippen molar-refractivity contribution < 1.29 is 9.53 Å². The minimum Gasteiger partial charge on any atom is -0.365 e. The van der Waals surface area contributed by atoms with Crippen molar-refractivity contribution in [2.24, 2.45) is 5.73 Å². The van der Waals surface area contributed by atoms with Gasteiger partial charge in [-0.3, -0.25) is 4.79 Å². The van der Waals surface area contributed by atoms with Crippen LogP contribution >= 0.6 is 0 Å². The molecule has 1 saturated heterocycles. The standard InChI is InChI=1S/C13H18N2O2/c1-10-2-4-11(5-3-10)7-15-8-12(6-14)17-9-13(15)16/h2-5,12H,6-9,14H2,1H3. The number of carbonyl (C=O) groups excluding carboxylic acids is 1. The van der Waals surface area contributed by atoms with E-state index < -0.39 is 0 Å². The second-order valence-electron chi connectivity index (χ2n) is 4.43. The van der Waals surface area contributed by atoms with Crippen molar-refractivity contribution in [1.82, 2.24) is 4.90 Å². The lowest BCUT2D eigenvalue weighted by Gasteiger charge is -2.32. The van der Waals surface area contributed by atoms with Crippen molar-refractivity contribution in [3.05, 3.63) is 35.4 Å². The molecule has 1 aromatic carbocycles. The molecule has 17 heavy (non-hydrogen) atoms. The lowest BCUT2D eigenvalue weighted by molar-refractivity contribution is -0.149. The number of rotatable bonds is 3. The van der Waals surface area contributed by atoms with E-state index in [2.05, 4.69) is 24.3 Å². The number of nitrogens with zero attached hydrogens (tertiary/aromatic N) is 1. The zero-order valence-electron chi connectivity index (χ0n) is 10.1. The lowest BCUT2D eigenvalue weighted by Crippen LogP contribution is -2.48. The molecule has 0 saturated carbocycles. The quantitative estimate of drug-likeness (QED) is 0.836. The van der Waals surface area contributed by atoms with Crippen LogP contribution in [0.4, 0.5) is 0 Å². The second-order valence-corrected chi connectivity index (χ2v) is 4.43. The van der Waals surface area contributed by atoms with E-state index in [9.17, 15) is 4.79 Å². The zero-order valence-corrected chi connectivity index (χ0v) is 10.1. The number of benzene rings is 1. The van der Waals surface area contributed by atoms with Crippen LogP contribution in [0.1, 0.15) is 11.1 Å². The zero-order chi connectivity index (χ0) is 12.3. The van der Waals surface area contributed by atoms with Crippen LogP contribution in [-0.2, 0) is 16.1 Å². The van der Waals surface area contributed by atoms with Crippen LogP contribution < -0.4 is 5.73 Å². The number of hydrogen-bond donors (Lipinski definition) is 1. The van der Waals surface area contributed by atoms with Crippen LogP contribution in [0.3, 0.4) is 0 Å². The maximum absolute atomic E-state index is 11.7. The molecule has 1 aliphatic rings. The smallest absolute Gasteiger partial charge is 0.248 e. The number of amides is 1. The molecule has 4 heteroatoms. The molecule has 2 rings (SSSR count). The second kappa shape index (κ2) is 5.29. The summed E-state index contributed by atoms with van der Waals surface area (Å²) in [6.07, 6.45) is -0.0295. The third kappa shape index (κ3) is 3.05. The first-order valence-electron chi connectivity index (χ1n) is 5.84. The predicted octanol–water partition coefficient (Wildman–Crippen LogP) is 0.681. The van der Waals surface area contributed by atoms with E-state index in [4.69, 9.17) is 10.5 Å². The number of nitrogens with two attached hydrogens (primary N) is 1. The van der Waals surface area contributed by atoms with Gasteiger partial charge in [-0.2, -0.15) is 0 Å². The Hall–Kier alpha value is -1.39. The highest BCUT2D eigenvalue weighted by Gasteiger charge is 2.25. The monoisotopic (exact) mass is 234 g/mol. The molecule has 92 valence electrons. The van der Waals surface area contributed by atoms with Crippen molar-refractivity contribution in [3.8, 4) is 0 Å². The van der Waals surface area contributed by atoms with Gasteiger partial charge in [0.1, 0.15) is 6.61 Å². The summed E-state index contributed by atoms with van der Waals surface area (Å²) in [6, 6.07) is 8.21. The first-order chi connectivity index (χ1) is 8.19. The van der Waals surface area contributed by atoms with Crippen molar-refractivity contribution in [2.75, 3.05) is 19.7 Å². The van der Waals surface area contributed by atoms with Crippen LogP contribution in [0.5, 0.6) is 0 Å². The van der Waals surface area contributed by atoms with Gasteiger partial charge in [0.15, 0.2) is 0 Å². The number of aryl methyl sites for hydroxylation is 1. The minimum atomic E-state index is -0.0295. The maximum atomic E-state index is 11.7. The van der Waals surface area contributed by atoms with E-state index in [1.54, 1.807) is 0 Å². The van der Waals surface area contributed by atoms with Gasteiger partial charge in [0.05, 0.1) is 6.10 Å². The summed E-state index contributed by atoms with van der Waals surface area (Å²) in [5.41, 5.74) is 7.93. The summed E-state index contributed by atoms with van der Waals surface area (Å²) in [4.78, 5) is 13.5. The Kier molecular flexibility index (Phi) is 3.76. The summed E-state index contributed by atoms with van der Waals surface area (Å²) in [5.74, 6) is 0.0373. The normalized spacial score (nSPS) is 20.7. The Labute approximate surface area is 101 Å². The molecule has 1 aliphatic heterocycles. The van der Waals surface area contributed by atoms with Gasteiger partial charge in [-0.15, -0.1) is 0 Å². The molecular formula is C13H18N2O2. The first kappa shape index (κ1) is 12.1. The Morgan fingerprint density at radius 1 is 1.41 bits per heavy atom. The number of hydrogen-bond acceptors (Lipinski definition) is 3. The number of morpholine rings is 1. The van der Waals surface area contributed by atoms with E-state index in [0.717, 1.165) is 5.56 Å². The van der Waals surface area contributed by atoms with Gasteiger partial charge in [-0.1, -0.05) is 29.8 Å². The molecule has 1 atom stereocenters. The van der Waals surface area contributed by atoms with Crippen LogP contribution in [0.2, 0.25) is 0 Å². The molecule has 0 bridgehead atoms. The average molecular weight is 234 g/mol. The topological polar surface area (TPSA) is 55.6 Å². The van der Waals surface area contributed by atoms with Gasteiger partial charge in [0.25, 0.3) is 0 Å². The van der Waals surface area contributed by atoms with Gasteiger partial charge >= 0.3 is 0 Å². The molecule has 1 aromatic rings. The van der Waals surface area contributed by atoms with E-state index >= 15 is 0 Å². The van der Waals surface area contributed by atoms with Gasteiger partial charge in [-0.05, 0) is 12.5 Å². The molecule has 1 amide bonds. The lowest BCUT2D eigenvalue weighted by atomic mass is 10.1. The van der Waals surface area contributed by atoms with Crippen LogP contribution in [0.25, 0.3) is 0 Å². The minimum absolute atomic E-state index is 0.0295. The molecule has 0 aliphatic carbocycles. The van der Waals surface area contributed by atoms with Gasteiger partial charge < -0.3 is 15.4 Å². The van der Waals surface area contributed by atoms with Gasteiger partial charge in [0, 0.05) is 19.6 Å². The molecular weight excluding hydrogens is 216 g/mol. The highest BCUT2D eigenvalue weighted by atomic mass is 16.5. The largest absolute Gasteiger partial charge is 0.365 e.